The SMILES string of the molecule is COc1cc2c(cc1-c1c(C)noc1C)[nH]c1nc(C)nc(Nc3cc(C(F)(F)F)nn3C(C)C)c12. The van der Waals surface area contributed by atoms with Gasteiger partial charge in [0.25, 0.3) is 0 Å². The summed E-state index contributed by atoms with van der Waals surface area (Å²) in [7, 11) is 1.57. The van der Waals surface area contributed by atoms with E-state index in [2.05, 4.69) is 30.5 Å². The first kappa shape index (κ1) is 23.6. The van der Waals surface area contributed by atoms with Crippen LogP contribution in [0.5, 0.6) is 5.75 Å². The second-order valence-corrected chi connectivity index (χ2v) is 8.84. The van der Waals surface area contributed by atoms with E-state index in [1.165, 1.54) is 4.68 Å². The summed E-state index contributed by atoms with van der Waals surface area (Å²) in [5, 5.41) is 12.2. The van der Waals surface area contributed by atoms with Gasteiger partial charge >= 0.3 is 6.18 Å². The lowest BCUT2D eigenvalue weighted by atomic mass is 10.0. The van der Waals surface area contributed by atoms with Crippen molar-refractivity contribution in [3.8, 4) is 16.9 Å². The Balaban J connectivity index is 1.72. The van der Waals surface area contributed by atoms with E-state index < -0.39 is 11.9 Å². The van der Waals surface area contributed by atoms with E-state index >= 15 is 0 Å². The summed E-state index contributed by atoms with van der Waals surface area (Å²) in [6, 6.07) is 4.43. The summed E-state index contributed by atoms with van der Waals surface area (Å²) >= 11 is 0. The average Bonchev–Trinajstić information content (AvgIpc) is 3.47. The zero-order valence-corrected chi connectivity index (χ0v) is 20.5. The van der Waals surface area contributed by atoms with Gasteiger partial charge in [0.15, 0.2) is 5.69 Å². The summed E-state index contributed by atoms with van der Waals surface area (Å²) in [6.45, 7) is 8.91. The Kier molecular flexibility index (Phi) is 5.42. The lowest BCUT2D eigenvalue weighted by molar-refractivity contribution is -0.141. The molecule has 4 heterocycles. The lowest BCUT2D eigenvalue weighted by Gasteiger charge is -2.13. The fraction of sp³-hybridized carbons (Fsp3) is 0.333. The van der Waals surface area contributed by atoms with E-state index in [0.29, 0.717) is 34.2 Å². The van der Waals surface area contributed by atoms with Gasteiger partial charge in [-0.3, -0.25) is 0 Å². The standard InChI is InChI=1S/C24H24F3N7O2/c1-10(2)34-19(9-18(32-34)24(25,26)27)31-23-21-14-8-17(35-6)15(20-11(3)33-36-12(20)4)7-16(14)30-22(21)28-13(5)29-23/h7-10H,1-6H3,(H2,28,29,30,31). The third kappa shape index (κ3) is 3.82. The molecule has 0 fully saturated rings. The molecule has 188 valence electrons. The van der Waals surface area contributed by atoms with Crippen LogP contribution in [0.2, 0.25) is 0 Å². The van der Waals surface area contributed by atoms with Gasteiger partial charge in [0.05, 0.1) is 23.8 Å². The van der Waals surface area contributed by atoms with Crippen molar-refractivity contribution in [2.75, 3.05) is 12.4 Å². The van der Waals surface area contributed by atoms with Crippen LogP contribution in [0.1, 0.15) is 42.9 Å². The van der Waals surface area contributed by atoms with Crippen LogP contribution in [0, 0.1) is 20.8 Å². The number of methoxy groups -OCH3 is 1. The first-order valence-corrected chi connectivity index (χ1v) is 11.2. The van der Waals surface area contributed by atoms with Crippen LogP contribution in [-0.2, 0) is 6.18 Å². The third-order valence-electron chi connectivity index (χ3n) is 5.95. The first-order chi connectivity index (χ1) is 17.0. The molecule has 5 aromatic rings. The molecule has 5 rings (SSSR count). The minimum Gasteiger partial charge on any atom is -0.496 e. The molecule has 0 aliphatic rings. The van der Waals surface area contributed by atoms with Crippen molar-refractivity contribution in [3.63, 3.8) is 0 Å². The smallest absolute Gasteiger partial charge is 0.435 e. The van der Waals surface area contributed by atoms with Gasteiger partial charge in [-0.2, -0.15) is 18.3 Å². The molecule has 0 saturated heterocycles. The number of ether oxygens (including phenoxy) is 1. The number of hydrogen-bond donors (Lipinski definition) is 2. The number of halogens is 3. The van der Waals surface area contributed by atoms with Gasteiger partial charge in [0.2, 0.25) is 0 Å². The minimum atomic E-state index is -4.57. The number of fused-ring (bicyclic) bond motifs is 3. The molecule has 0 spiro atoms. The fourth-order valence-electron chi connectivity index (χ4n) is 4.40. The van der Waals surface area contributed by atoms with Gasteiger partial charge in [-0.05, 0) is 46.8 Å². The molecule has 9 nitrogen and oxygen atoms in total. The molecule has 0 aliphatic heterocycles. The Morgan fingerprint density at radius 3 is 2.47 bits per heavy atom. The molecule has 0 amide bonds. The Morgan fingerprint density at radius 2 is 1.86 bits per heavy atom. The van der Waals surface area contributed by atoms with Gasteiger partial charge < -0.3 is 19.6 Å². The molecule has 12 heteroatoms. The van der Waals surface area contributed by atoms with Crippen molar-refractivity contribution >= 4 is 33.6 Å². The highest BCUT2D eigenvalue weighted by Crippen LogP contribution is 2.41. The minimum absolute atomic E-state index is 0.172. The number of aromatic nitrogens is 6. The fourth-order valence-corrected chi connectivity index (χ4v) is 4.40. The third-order valence-corrected chi connectivity index (χ3v) is 5.95. The maximum Gasteiger partial charge on any atom is 0.435 e. The van der Waals surface area contributed by atoms with Gasteiger partial charge in [0.1, 0.15) is 34.6 Å². The molecule has 2 N–H and O–H groups in total. The van der Waals surface area contributed by atoms with Crippen molar-refractivity contribution in [1.82, 2.24) is 29.9 Å². The van der Waals surface area contributed by atoms with Crippen molar-refractivity contribution in [2.45, 2.75) is 46.8 Å². The lowest BCUT2D eigenvalue weighted by Crippen LogP contribution is -2.10. The zero-order chi connectivity index (χ0) is 25.9. The Labute approximate surface area is 203 Å². The normalized spacial score (nSPS) is 12.3. The topological polar surface area (TPSA) is 107 Å². The van der Waals surface area contributed by atoms with Crippen LogP contribution < -0.4 is 10.1 Å². The molecule has 0 bridgehead atoms. The van der Waals surface area contributed by atoms with Crippen LogP contribution in [0.4, 0.5) is 24.8 Å². The summed E-state index contributed by atoms with van der Waals surface area (Å²) in [5.41, 5.74) is 2.64. The highest BCUT2D eigenvalue weighted by molar-refractivity contribution is 6.13. The predicted molar refractivity (Wildman–Crippen MR) is 129 cm³/mol. The number of benzene rings is 1. The summed E-state index contributed by atoms with van der Waals surface area (Å²) in [4.78, 5) is 12.3. The van der Waals surface area contributed by atoms with Crippen LogP contribution in [0.25, 0.3) is 33.1 Å². The molecule has 4 aromatic heterocycles. The maximum absolute atomic E-state index is 13.4. The molecule has 0 aliphatic carbocycles. The van der Waals surface area contributed by atoms with E-state index in [9.17, 15) is 13.2 Å². The van der Waals surface area contributed by atoms with E-state index in [4.69, 9.17) is 9.26 Å². The highest BCUT2D eigenvalue weighted by atomic mass is 19.4. The summed E-state index contributed by atoms with van der Waals surface area (Å²) in [6.07, 6.45) is -4.57. The maximum atomic E-state index is 13.4. The number of H-pyrrole nitrogens is 1. The summed E-state index contributed by atoms with van der Waals surface area (Å²) < 4.78 is 52.5. The van der Waals surface area contributed by atoms with E-state index in [0.717, 1.165) is 33.8 Å². The summed E-state index contributed by atoms with van der Waals surface area (Å²) in [5.74, 6) is 2.20. The molecular formula is C24H24F3N7O2. The molecule has 36 heavy (non-hydrogen) atoms. The quantitative estimate of drug-likeness (QED) is 0.295. The van der Waals surface area contributed by atoms with E-state index in [1.54, 1.807) is 27.9 Å². The second-order valence-electron chi connectivity index (χ2n) is 8.84. The van der Waals surface area contributed by atoms with Gasteiger partial charge in [0, 0.05) is 28.6 Å². The van der Waals surface area contributed by atoms with Crippen molar-refractivity contribution in [2.24, 2.45) is 0 Å². The Morgan fingerprint density at radius 1 is 1.11 bits per heavy atom. The monoisotopic (exact) mass is 499 g/mol. The number of aromatic amines is 1. The molecular weight excluding hydrogens is 475 g/mol. The van der Waals surface area contributed by atoms with Crippen LogP contribution in [0.15, 0.2) is 22.7 Å². The zero-order valence-electron chi connectivity index (χ0n) is 20.5. The van der Waals surface area contributed by atoms with Crippen molar-refractivity contribution < 1.29 is 22.4 Å². The number of nitrogens with one attached hydrogen (secondary N) is 2. The number of anilines is 2. The number of nitrogens with zero attached hydrogens (tertiary/aromatic N) is 5. The van der Waals surface area contributed by atoms with E-state index in [-0.39, 0.29) is 11.9 Å². The van der Waals surface area contributed by atoms with Gasteiger partial charge in [-0.15, -0.1) is 0 Å². The molecule has 0 radical (unpaired) electrons. The molecule has 0 atom stereocenters. The van der Waals surface area contributed by atoms with E-state index in [1.807, 2.05) is 26.0 Å². The highest BCUT2D eigenvalue weighted by Gasteiger charge is 2.35. The van der Waals surface area contributed by atoms with Gasteiger partial charge in [-0.25, -0.2) is 14.6 Å². The van der Waals surface area contributed by atoms with Crippen LogP contribution >= 0.6 is 0 Å². The number of hydrogen-bond acceptors (Lipinski definition) is 7. The number of rotatable bonds is 5. The van der Waals surface area contributed by atoms with Crippen molar-refractivity contribution in [3.05, 3.63) is 41.2 Å². The van der Waals surface area contributed by atoms with Crippen LogP contribution in [0.3, 0.4) is 0 Å². The Bertz CT molecular complexity index is 1590. The second kappa shape index (κ2) is 8.25. The Hall–Kier alpha value is -4.09. The first-order valence-electron chi connectivity index (χ1n) is 11.2. The molecule has 0 unspecified atom stereocenters. The number of alkyl halides is 3. The molecule has 0 saturated carbocycles. The molecule has 1 aromatic carbocycles. The average molecular weight is 499 g/mol. The largest absolute Gasteiger partial charge is 0.496 e. The van der Waals surface area contributed by atoms with Crippen molar-refractivity contribution in [1.29, 1.82) is 0 Å². The predicted octanol–water partition coefficient (Wildman–Crippen LogP) is 6.24. The van der Waals surface area contributed by atoms with Crippen LogP contribution in [-0.4, -0.2) is 37.0 Å². The number of aryl methyl sites for hydroxylation is 3. The van der Waals surface area contributed by atoms with Gasteiger partial charge in [-0.1, -0.05) is 5.16 Å².